The minimum absolute atomic E-state index is 0.134. The number of benzene rings is 3. The number of hydrogen-bond acceptors (Lipinski definition) is 8. The summed E-state index contributed by atoms with van der Waals surface area (Å²) in [6.45, 7) is 5.71. The molecule has 11 heteroatoms. The zero-order chi connectivity index (χ0) is 35.0. The first-order valence-corrected chi connectivity index (χ1v) is 17.9. The number of aromatic nitrogens is 1. The van der Waals surface area contributed by atoms with E-state index in [0.29, 0.717) is 46.3 Å². The van der Waals surface area contributed by atoms with Crippen molar-refractivity contribution in [2.45, 2.75) is 26.2 Å². The molecule has 3 amide bonds. The van der Waals surface area contributed by atoms with Crippen molar-refractivity contribution in [3.8, 4) is 16.2 Å². The second kappa shape index (κ2) is 13.7. The number of carbonyl (C=O) groups excluding carboxylic acids is 3. The standard InChI is InChI=1S/C40H37N5O5S/c1-26-21-32(36(41-23-26)44-24-40(25-44)16-19-49-20-17-40)37(46)42-29-13-11-27(12-14-29)38(47)45-18-15-28-22-34(43-39(48)50-30-7-3-2-4-8-30)51-35(28)31-9-5-6-10-33(31)45/h2-14,21-23H,15-20,24-25H2,1H3,(H,42,46)(H,43,48). The minimum atomic E-state index is -0.557. The maximum absolute atomic E-state index is 14.0. The monoisotopic (exact) mass is 699 g/mol. The molecular formula is C40H37N5O5S. The molecule has 3 aliphatic heterocycles. The van der Waals surface area contributed by atoms with Crippen molar-refractivity contribution in [1.82, 2.24) is 4.98 Å². The van der Waals surface area contributed by atoms with Gasteiger partial charge in [-0.25, -0.2) is 9.78 Å². The van der Waals surface area contributed by atoms with Crippen molar-refractivity contribution in [2.75, 3.05) is 53.3 Å². The maximum Gasteiger partial charge on any atom is 0.417 e. The van der Waals surface area contributed by atoms with Gasteiger partial charge in [-0.1, -0.05) is 36.4 Å². The highest BCUT2D eigenvalue weighted by atomic mass is 32.1. The molecule has 0 saturated carbocycles. The van der Waals surface area contributed by atoms with Crippen LogP contribution in [0.25, 0.3) is 10.4 Å². The van der Waals surface area contributed by atoms with Gasteiger partial charge < -0.3 is 24.6 Å². The van der Waals surface area contributed by atoms with Crippen molar-refractivity contribution in [1.29, 1.82) is 0 Å². The first-order chi connectivity index (χ1) is 24.8. The van der Waals surface area contributed by atoms with Crippen LogP contribution in [0.5, 0.6) is 5.75 Å². The zero-order valence-corrected chi connectivity index (χ0v) is 29.0. The number of hydrogen-bond donors (Lipinski definition) is 2. The van der Waals surface area contributed by atoms with Gasteiger partial charge in [-0.05, 0) is 91.9 Å². The van der Waals surface area contributed by atoms with Crippen LogP contribution >= 0.6 is 11.3 Å². The fraction of sp³-hybridized carbons (Fsp3) is 0.250. The predicted molar refractivity (Wildman–Crippen MR) is 199 cm³/mol. The molecular weight excluding hydrogens is 663 g/mol. The molecule has 5 aromatic rings. The van der Waals surface area contributed by atoms with Crippen LogP contribution in [0.4, 0.5) is 27.0 Å². The Labute approximate surface area is 300 Å². The third kappa shape index (κ3) is 6.70. The Morgan fingerprint density at radius 1 is 0.902 bits per heavy atom. The Bertz CT molecular complexity index is 2100. The van der Waals surface area contributed by atoms with Crippen LogP contribution in [0.2, 0.25) is 0 Å². The highest BCUT2D eigenvalue weighted by Crippen LogP contribution is 2.44. The summed E-state index contributed by atoms with van der Waals surface area (Å²) in [5, 5.41) is 6.55. The summed E-state index contributed by atoms with van der Waals surface area (Å²) < 4.78 is 11.0. The summed E-state index contributed by atoms with van der Waals surface area (Å²) in [5.41, 5.74) is 5.57. The Balaban J connectivity index is 0.955. The lowest BCUT2D eigenvalue weighted by atomic mass is 9.73. The van der Waals surface area contributed by atoms with E-state index in [1.54, 1.807) is 47.5 Å². The molecule has 10 nitrogen and oxygen atoms in total. The second-order valence-corrected chi connectivity index (χ2v) is 14.5. The molecule has 0 atom stereocenters. The zero-order valence-electron chi connectivity index (χ0n) is 28.2. The lowest BCUT2D eigenvalue weighted by Crippen LogP contribution is -2.59. The van der Waals surface area contributed by atoms with E-state index in [1.165, 1.54) is 11.3 Å². The number of rotatable bonds is 6. The molecule has 2 saturated heterocycles. The molecule has 0 radical (unpaired) electrons. The summed E-state index contributed by atoms with van der Waals surface area (Å²) in [6, 6.07) is 27.6. The van der Waals surface area contributed by atoms with E-state index in [1.807, 2.05) is 61.5 Å². The van der Waals surface area contributed by atoms with Gasteiger partial charge in [0, 0.05) is 66.2 Å². The fourth-order valence-electron chi connectivity index (χ4n) is 7.16. The van der Waals surface area contributed by atoms with Crippen molar-refractivity contribution in [3.63, 3.8) is 0 Å². The Kier molecular flexibility index (Phi) is 8.75. The van der Waals surface area contributed by atoms with Crippen LogP contribution < -0.4 is 25.2 Å². The lowest BCUT2D eigenvalue weighted by molar-refractivity contribution is -0.000510. The molecule has 3 aromatic carbocycles. The summed E-state index contributed by atoms with van der Waals surface area (Å²) in [7, 11) is 0. The van der Waals surface area contributed by atoms with Crippen molar-refractivity contribution in [3.05, 3.63) is 119 Å². The maximum atomic E-state index is 14.0. The van der Waals surface area contributed by atoms with E-state index >= 15 is 0 Å². The van der Waals surface area contributed by atoms with Crippen molar-refractivity contribution >= 4 is 51.4 Å². The molecule has 2 fully saturated rings. The summed E-state index contributed by atoms with van der Waals surface area (Å²) >= 11 is 1.46. The molecule has 1 spiro atoms. The van der Waals surface area contributed by atoms with Crippen molar-refractivity contribution in [2.24, 2.45) is 5.41 Å². The van der Waals surface area contributed by atoms with Gasteiger partial charge in [0.05, 0.1) is 16.3 Å². The van der Waals surface area contributed by atoms with Crippen LogP contribution in [0.1, 0.15) is 44.7 Å². The smallest absolute Gasteiger partial charge is 0.410 e. The Morgan fingerprint density at radius 2 is 1.65 bits per heavy atom. The van der Waals surface area contributed by atoms with Crippen LogP contribution in [-0.4, -0.2) is 55.7 Å². The number of carbonyl (C=O) groups is 3. The van der Waals surface area contributed by atoms with Crippen LogP contribution in [0, 0.1) is 12.3 Å². The van der Waals surface area contributed by atoms with Gasteiger partial charge in [-0.3, -0.25) is 14.9 Å². The van der Waals surface area contributed by atoms with Gasteiger partial charge in [0.25, 0.3) is 11.8 Å². The molecule has 0 aliphatic carbocycles. The highest BCUT2D eigenvalue weighted by Gasteiger charge is 2.45. The van der Waals surface area contributed by atoms with Gasteiger partial charge in [-0.15, -0.1) is 11.3 Å². The number of para-hydroxylation sites is 2. The first kappa shape index (κ1) is 32.7. The van der Waals surface area contributed by atoms with E-state index in [2.05, 4.69) is 20.5 Å². The van der Waals surface area contributed by atoms with E-state index in [-0.39, 0.29) is 17.2 Å². The van der Waals surface area contributed by atoms with Gasteiger partial charge in [-0.2, -0.15) is 0 Å². The quantitative estimate of drug-likeness (QED) is 0.186. The van der Waals surface area contributed by atoms with E-state index in [4.69, 9.17) is 9.47 Å². The number of fused-ring (bicyclic) bond motifs is 3. The summed E-state index contributed by atoms with van der Waals surface area (Å²) in [5.74, 6) is 0.796. The molecule has 258 valence electrons. The van der Waals surface area contributed by atoms with Crippen molar-refractivity contribution < 1.29 is 23.9 Å². The van der Waals surface area contributed by atoms with Gasteiger partial charge in [0.1, 0.15) is 11.6 Å². The number of amides is 3. The SMILES string of the molecule is Cc1cnc(N2CC3(CCOCC3)C2)c(C(=O)Nc2ccc(C(=O)N3CCc4cc(NC(=O)Oc5ccccc5)sc4-c4ccccc43)cc2)c1. The average molecular weight is 700 g/mol. The van der Waals surface area contributed by atoms with Crippen LogP contribution in [0.15, 0.2) is 97.2 Å². The van der Waals surface area contributed by atoms with Gasteiger partial charge in [0.15, 0.2) is 0 Å². The third-order valence-corrected chi connectivity index (χ3v) is 10.9. The number of anilines is 4. The molecule has 0 bridgehead atoms. The van der Waals surface area contributed by atoms with Gasteiger partial charge >= 0.3 is 6.09 Å². The number of nitrogens with zero attached hydrogens (tertiary/aromatic N) is 3. The molecule has 0 unspecified atom stereocenters. The highest BCUT2D eigenvalue weighted by molar-refractivity contribution is 7.19. The predicted octanol–water partition coefficient (Wildman–Crippen LogP) is 7.80. The number of pyridine rings is 1. The van der Waals surface area contributed by atoms with E-state index < -0.39 is 6.09 Å². The largest absolute Gasteiger partial charge is 0.417 e. The fourth-order valence-corrected chi connectivity index (χ4v) is 8.29. The number of nitrogens with one attached hydrogen (secondary N) is 2. The minimum Gasteiger partial charge on any atom is -0.410 e. The topological polar surface area (TPSA) is 113 Å². The molecule has 51 heavy (non-hydrogen) atoms. The number of thiophene rings is 1. The Hall–Kier alpha value is -5.52. The summed E-state index contributed by atoms with van der Waals surface area (Å²) in [6.07, 6.45) is 3.92. The normalized spacial score (nSPS) is 15.9. The van der Waals surface area contributed by atoms with E-state index in [9.17, 15) is 14.4 Å². The van der Waals surface area contributed by atoms with E-state index in [0.717, 1.165) is 66.4 Å². The van der Waals surface area contributed by atoms with Gasteiger partial charge in [0.2, 0.25) is 0 Å². The molecule has 2 N–H and O–H groups in total. The molecule has 3 aliphatic rings. The summed E-state index contributed by atoms with van der Waals surface area (Å²) in [4.78, 5) is 49.8. The third-order valence-electron chi connectivity index (χ3n) is 9.82. The first-order valence-electron chi connectivity index (χ1n) is 17.1. The Morgan fingerprint density at radius 3 is 2.43 bits per heavy atom. The van der Waals surface area contributed by atoms with Crippen LogP contribution in [0.3, 0.4) is 0 Å². The molecule has 5 heterocycles. The number of ether oxygens (including phenoxy) is 2. The lowest BCUT2D eigenvalue weighted by Gasteiger charge is -2.53. The number of aryl methyl sites for hydroxylation is 1. The van der Waals surface area contributed by atoms with Crippen LogP contribution in [-0.2, 0) is 11.2 Å². The molecule has 8 rings (SSSR count). The molecule has 2 aromatic heterocycles. The average Bonchev–Trinajstić information content (AvgIpc) is 3.46. The second-order valence-electron chi connectivity index (χ2n) is 13.4.